The molecule has 0 saturated heterocycles. The first-order valence-electron chi connectivity index (χ1n) is 5.45. The number of aryl methyl sites for hydroxylation is 2. The third-order valence-corrected chi connectivity index (χ3v) is 3.76. The van der Waals surface area contributed by atoms with Crippen molar-refractivity contribution in [3.05, 3.63) is 39.6 Å². The van der Waals surface area contributed by atoms with E-state index in [1.165, 1.54) is 5.56 Å². The van der Waals surface area contributed by atoms with Gasteiger partial charge in [0.2, 0.25) is 0 Å². The molecule has 4 nitrogen and oxygen atoms in total. The Bertz CT molecular complexity index is 632. The van der Waals surface area contributed by atoms with Crippen LogP contribution in [-0.2, 0) is 7.05 Å². The smallest absolute Gasteiger partial charge is 0.357 e. The van der Waals surface area contributed by atoms with Gasteiger partial charge in [-0.05, 0) is 35.3 Å². The third kappa shape index (κ3) is 2.06. The summed E-state index contributed by atoms with van der Waals surface area (Å²) in [5.74, 6) is -0.384. The van der Waals surface area contributed by atoms with Gasteiger partial charge in [0.25, 0.3) is 0 Å². The van der Waals surface area contributed by atoms with Gasteiger partial charge in [-0.1, -0.05) is 23.8 Å². The van der Waals surface area contributed by atoms with Crippen molar-refractivity contribution in [2.24, 2.45) is 7.05 Å². The lowest BCUT2D eigenvalue weighted by atomic mass is 10.1. The van der Waals surface area contributed by atoms with Crippen LogP contribution in [-0.4, -0.2) is 20.6 Å². The number of hydrogen-bond acceptors (Lipinski definition) is 2. The van der Waals surface area contributed by atoms with Crippen LogP contribution in [0.15, 0.2) is 22.8 Å². The Kier molecular flexibility index (Phi) is 3.26. The van der Waals surface area contributed by atoms with E-state index >= 15 is 0 Å². The van der Waals surface area contributed by atoms with E-state index < -0.39 is 5.97 Å². The van der Waals surface area contributed by atoms with E-state index in [1.807, 2.05) is 26.0 Å². The van der Waals surface area contributed by atoms with Crippen molar-refractivity contribution in [1.82, 2.24) is 9.55 Å². The maximum atomic E-state index is 11.1. The Morgan fingerprint density at radius 3 is 2.56 bits per heavy atom. The summed E-state index contributed by atoms with van der Waals surface area (Å²) >= 11 is 3.26. The lowest BCUT2D eigenvalue weighted by molar-refractivity contribution is 0.0690. The van der Waals surface area contributed by atoms with Gasteiger partial charge in [-0.25, -0.2) is 9.78 Å². The second-order valence-corrected chi connectivity index (χ2v) is 5.01. The summed E-state index contributed by atoms with van der Waals surface area (Å²) in [5, 5.41) is 9.06. The number of aromatic nitrogens is 2. The minimum Gasteiger partial charge on any atom is -0.476 e. The Labute approximate surface area is 113 Å². The van der Waals surface area contributed by atoms with Crippen LogP contribution in [0.5, 0.6) is 0 Å². The predicted octanol–water partition coefficient (Wildman–Crippen LogP) is 3.16. The molecule has 0 fully saturated rings. The summed E-state index contributed by atoms with van der Waals surface area (Å²) in [5.41, 5.74) is 3.22. The van der Waals surface area contributed by atoms with Crippen LogP contribution in [0.2, 0.25) is 0 Å². The maximum Gasteiger partial charge on any atom is 0.357 e. The van der Waals surface area contributed by atoms with Crippen LogP contribution in [0.3, 0.4) is 0 Å². The van der Waals surface area contributed by atoms with E-state index in [0.717, 1.165) is 11.1 Å². The molecule has 0 saturated carbocycles. The molecule has 1 heterocycles. The third-order valence-electron chi connectivity index (χ3n) is 2.85. The van der Waals surface area contributed by atoms with Gasteiger partial charge in [0.05, 0.1) is 0 Å². The van der Waals surface area contributed by atoms with Crippen LogP contribution < -0.4 is 0 Å². The van der Waals surface area contributed by atoms with Crippen molar-refractivity contribution in [3.63, 3.8) is 0 Å². The molecule has 0 amide bonds. The Balaban J connectivity index is 2.64. The normalized spacial score (nSPS) is 10.7. The number of nitrogens with zero attached hydrogens (tertiary/aromatic N) is 2. The molecule has 94 valence electrons. The fraction of sp³-hybridized carbons (Fsp3) is 0.231. The van der Waals surface area contributed by atoms with Crippen molar-refractivity contribution < 1.29 is 9.90 Å². The largest absolute Gasteiger partial charge is 0.476 e. The Morgan fingerprint density at radius 1 is 1.39 bits per heavy atom. The molecule has 0 radical (unpaired) electrons. The molecule has 0 bridgehead atoms. The van der Waals surface area contributed by atoms with Crippen LogP contribution in [0.1, 0.15) is 21.6 Å². The molecule has 18 heavy (non-hydrogen) atoms. The van der Waals surface area contributed by atoms with Gasteiger partial charge in [0.1, 0.15) is 10.4 Å². The maximum absolute atomic E-state index is 11.1. The van der Waals surface area contributed by atoms with Crippen LogP contribution in [0.4, 0.5) is 0 Å². The first-order chi connectivity index (χ1) is 8.41. The molecule has 0 aliphatic rings. The zero-order valence-corrected chi connectivity index (χ0v) is 11.9. The van der Waals surface area contributed by atoms with Crippen LogP contribution >= 0.6 is 15.9 Å². The monoisotopic (exact) mass is 308 g/mol. The molecule has 5 heteroatoms. The number of halogens is 1. The van der Waals surface area contributed by atoms with E-state index in [1.54, 1.807) is 11.6 Å². The first-order valence-corrected chi connectivity index (χ1v) is 6.24. The van der Waals surface area contributed by atoms with Crippen molar-refractivity contribution >= 4 is 21.9 Å². The van der Waals surface area contributed by atoms with Gasteiger partial charge in [-0.2, -0.15) is 0 Å². The number of imidazole rings is 1. The van der Waals surface area contributed by atoms with Gasteiger partial charge >= 0.3 is 5.97 Å². The van der Waals surface area contributed by atoms with E-state index in [-0.39, 0.29) is 5.69 Å². The summed E-state index contributed by atoms with van der Waals surface area (Å²) in [6.45, 7) is 4.01. The van der Waals surface area contributed by atoms with Crippen molar-refractivity contribution in [3.8, 4) is 11.4 Å². The molecule has 2 aromatic rings. The fourth-order valence-corrected chi connectivity index (χ4v) is 2.35. The molecule has 0 atom stereocenters. The van der Waals surface area contributed by atoms with Gasteiger partial charge in [0.15, 0.2) is 5.69 Å². The molecule has 1 N–H and O–H groups in total. The summed E-state index contributed by atoms with van der Waals surface area (Å²) < 4.78 is 2.21. The summed E-state index contributed by atoms with van der Waals surface area (Å²) in [6.07, 6.45) is 0. The standard InChI is InChI=1S/C13H13BrN2O2/c1-7-4-5-9(8(2)6-7)12-15-10(13(17)18)11(14)16(12)3/h4-6H,1-3H3,(H,17,18). The summed E-state index contributed by atoms with van der Waals surface area (Å²) in [6, 6.07) is 6.01. The SMILES string of the molecule is Cc1ccc(-c2nc(C(=O)O)c(Br)n2C)c(C)c1. The van der Waals surface area contributed by atoms with E-state index in [4.69, 9.17) is 5.11 Å². The minimum absolute atomic E-state index is 0.0347. The highest BCUT2D eigenvalue weighted by Gasteiger charge is 2.19. The predicted molar refractivity (Wildman–Crippen MR) is 72.8 cm³/mol. The van der Waals surface area contributed by atoms with E-state index in [2.05, 4.69) is 27.0 Å². The Hall–Kier alpha value is -1.62. The second kappa shape index (κ2) is 4.57. The lowest BCUT2D eigenvalue weighted by Gasteiger charge is -2.07. The molecule has 0 aliphatic heterocycles. The summed E-state index contributed by atoms with van der Waals surface area (Å²) in [4.78, 5) is 15.2. The fourth-order valence-electron chi connectivity index (χ4n) is 1.92. The van der Waals surface area contributed by atoms with E-state index in [0.29, 0.717) is 10.4 Å². The highest BCUT2D eigenvalue weighted by atomic mass is 79.9. The average molecular weight is 309 g/mol. The summed E-state index contributed by atoms with van der Waals surface area (Å²) in [7, 11) is 1.79. The minimum atomic E-state index is -1.03. The number of hydrogen-bond donors (Lipinski definition) is 1. The van der Waals surface area contributed by atoms with Crippen LogP contribution in [0, 0.1) is 13.8 Å². The molecule has 0 aliphatic carbocycles. The first kappa shape index (κ1) is 12.8. The number of benzene rings is 1. The number of carbonyl (C=O) groups is 1. The zero-order chi connectivity index (χ0) is 13.4. The van der Waals surface area contributed by atoms with Crippen LogP contribution in [0.25, 0.3) is 11.4 Å². The highest BCUT2D eigenvalue weighted by molar-refractivity contribution is 9.10. The zero-order valence-electron chi connectivity index (χ0n) is 10.4. The topological polar surface area (TPSA) is 55.1 Å². The highest BCUT2D eigenvalue weighted by Crippen LogP contribution is 2.27. The molecule has 0 unspecified atom stereocenters. The van der Waals surface area contributed by atoms with Gasteiger partial charge < -0.3 is 9.67 Å². The van der Waals surface area contributed by atoms with Gasteiger partial charge in [-0.15, -0.1) is 0 Å². The van der Waals surface area contributed by atoms with Crippen molar-refractivity contribution in [2.45, 2.75) is 13.8 Å². The number of carboxylic acids is 1. The molecule has 1 aromatic heterocycles. The number of rotatable bonds is 2. The molecule has 2 rings (SSSR count). The second-order valence-electron chi connectivity index (χ2n) is 4.26. The molecule has 0 spiro atoms. The molecular weight excluding hydrogens is 296 g/mol. The Morgan fingerprint density at radius 2 is 2.06 bits per heavy atom. The van der Waals surface area contributed by atoms with Crippen molar-refractivity contribution in [1.29, 1.82) is 0 Å². The molecule has 1 aromatic carbocycles. The average Bonchev–Trinajstić information content (AvgIpc) is 2.57. The quantitative estimate of drug-likeness (QED) is 0.927. The lowest BCUT2D eigenvalue weighted by Crippen LogP contribution is -1.97. The van der Waals surface area contributed by atoms with E-state index in [9.17, 15) is 4.79 Å². The van der Waals surface area contributed by atoms with Crippen molar-refractivity contribution in [2.75, 3.05) is 0 Å². The number of carboxylic acid groups (broad SMARTS) is 1. The van der Waals surface area contributed by atoms with Gasteiger partial charge in [-0.3, -0.25) is 0 Å². The van der Waals surface area contributed by atoms with Gasteiger partial charge in [0, 0.05) is 12.6 Å². The molecular formula is C13H13BrN2O2. The number of aromatic carboxylic acids is 1.